The molecule has 2 heterocycles. The molecule has 0 bridgehead atoms. The number of benzene rings is 1. The lowest BCUT2D eigenvalue weighted by Gasteiger charge is -2.39. The Morgan fingerprint density at radius 3 is 2.15 bits per heavy atom. The van der Waals surface area contributed by atoms with Crippen molar-refractivity contribution in [1.82, 2.24) is 9.80 Å². The summed E-state index contributed by atoms with van der Waals surface area (Å²) in [4.78, 5) is 4.90. The van der Waals surface area contributed by atoms with Gasteiger partial charge in [0.15, 0.2) is 0 Å². The normalized spacial score (nSPS) is 26.3. The van der Waals surface area contributed by atoms with Crippen molar-refractivity contribution < 1.29 is 22.6 Å². The van der Waals surface area contributed by atoms with Crippen LogP contribution in [-0.4, -0.2) is 61.1 Å². The van der Waals surface area contributed by atoms with Crippen LogP contribution in [-0.2, 0) is 11.3 Å². The number of rotatable bonds is 5. The van der Waals surface area contributed by atoms with Gasteiger partial charge in [0, 0.05) is 26.2 Å². The molecule has 7 heteroatoms. The first kappa shape index (κ1) is 20.4. The van der Waals surface area contributed by atoms with E-state index in [-0.39, 0.29) is 5.75 Å². The predicted molar refractivity (Wildman–Crippen MR) is 97.6 cm³/mol. The van der Waals surface area contributed by atoms with E-state index in [1.807, 2.05) is 0 Å². The highest BCUT2D eigenvalue weighted by Gasteiger charge is 2.31. The fourth-order valence-electron chi connectivity index (χ4n) is 4.18. The van der Waals surface area contributed by atoms with E-state index in [0.717, 1.165) is 57.7 Å². The van der Waals surface area contributed by atoms with Crippen molar-refractivity contribution in [2.45, 2.75) is 51.8 Å². The first-order valence-electron chi connectivity index (χ1n) is 9.71. The predicted octanol–water partition coefficient (Wildman–Crippen LogP) is 3.91. The average Bonchev–Trinajstić information content (AvgIpc) is 2.56. The molecule has 2 fully saturated rings. The SMILES string of the molecule is CC1CN(CC2CCN(Cc3ccc(OC(F)(F)F)cc3)CC2)CC(C)O1. The fraction of sp³-hybridized carbons (Fsp3) is 0.700. The van der Waals surface area contributed by atoms with Crippen LogP contribution in [0.5, 0.6) is 5.75 Å². The van der Waals surface area contributed by atoms with Gasteiger partial charge < -0.3 is 9.47 Å². The molecule has 0 saturated carbocycles. The van der Waals surface area contributed by atoms with Crippen LogP contribution < -0.4 is 4.74 Å². The molecule has 27 heavy (non-hydrogen) atoms. The zero-order chi connectivity index (χ0) is 19.4. The molecule has 3 rings (SSSR count). The summed E-state index contributed by atoms with van der Waals surface area (Å²) in [5.74, 6) is 0.542. The minimum absolute atomic E-state index is 0.168. The Kier molecular flexibility index (Phi) is 6.65. The molecule has 2 aliphatic rings. The molecule has 0 spiro atoms. The van der Waals surface area contributed by atoms with Gasteiger partial charge in [0.2, 0.25) is 0 Å². The lowest BCUT2D eigenvalue weighted by molar-refractivity contribution is -0.274. The first-order valence-corrected chi connectivity index (χ1v) is 9.71. The van der Waals surface area contributed by atoms with Crippen LogP contribution in [0.3, 0.4) is 0 Å². The molecule has 0 aliphatic carbocycles. The Morgan fingerprint density at radius 1 is 1.00 bits per heavy atom. The quantitative estimate of drug-likeness (QED) is 0.766. The summed E-state index contributed by atoms with van der Waals surface area (Å²) >= 11 is 0. The zero-order valence-corrected chi connectivity index (χ0v) is 16.0. The van der Waals surface area contributed by atoms with Crippen molar-refractivity contribution in [3.8, 4) is 5.75 Å². The molecule has 0 radical (unpaired) electrons. The minimum atomic E-state index is -4.64. The zero-order valence-electron chi connectivity index (χ0n) is 16.0. The molecular weight excluding hydrogens is 357 g/mol. The molecule has 152 valence electrons. The number of halogens is 3. The second kappa shape index (κ2) is 8.80. The second-order valence-corrected chi connectivity index (χ2v) is 7.89. The van der Waals surface area contributed by atoms with Gasteiger partial charge in [-0.05, 0) is 63.4 Å². The third-order valence-electron chi connectivity index (χ3n) is 5.28. The molecule has 1 aromatic rings. The van der Waals surface area contributed by atoms with Gasteiger partial charge in [-0.2, -0.15) is 0 Å². The lowest BCUT2D eigenvalue weighted by Crippen LogP contribution is -2.48. The smallest absolute Gasteiger partial charge is 0.406 e. The van der Waals surface area contributed by atoms with Crippen LogP contribution in [0, 0.1) is 5.92 Å². The summed E-state index contributed by atoms with van der Waals surface area (Å²) in [5, 5.41) is 0. The van der Waals surface area contributed by atoms with Crippen LogP contribution in [0.25, 0.3) is 0 Å². The van der Waals surface area contributed by atoms with Crippen molar-refractivity contribution in [2.75, 3.05) is 32.7 Å². The Labute approximate surface area is 159 Å². The number of likely N-dealkylation sites (tertiary alicyclic amines) is 1. The molecule has 0 aromatic heterocycles. The van der Waals surface area contributed by atoms with Gasteiger partial charge in [0.1, 0.15) is 5.75 Å². The highest BCUT2D eigenvalue weighted by atomic mass is 19.4. The van der Waals surface area contributed by atoms with Crippen molar-refractivity contribution >= 4 is 0 Å². The largest absolute Gasteiger partial charge is 0.573 e. The number of morpholine rings is 1. The Hall–Kier alpha value is -1.31. The van der Waals surface area contributed by atoms with Gasteiger partial charge >= 0.3 is 6.36 Å². The van der Waals surface area contributed by atoms with Crippen molar-refractivity contribution in [2.24, 2.45) is 5.92 Å². The Balaban J connectivity index is 1.41. The van der Waals surface area contributed by atoms with Gasteiger partial charge in [-0.25, -0.2) is 0 Å². The van der Waals surface area contributed by atoms with Crippen LogP contribution >= 0.6 is 0 Å². The molecular formula is C20H29F3N2O2. The number of ether oxygens (including phenoxy) is 2. The second-order valence-electron chi connectivity index (χ2n) is 7.89. The monoisotopic (exact) mass is 386 g/mol. The standard InChI is InChI=1S/C20H29F3N2O2/c1-15-11-25(12-16(2)26-15)14-18-7-9-24(10-8-18)13-17-3-5-19(6-4-17)27-20(21,22)23/h3-6,15-16,18H,7-14H2,1-2H3. The average molecular weight is 386 g/mol. The third kappa shape index (κ3) is 6.66. The summed E-state index contributed by atoms with van der Waals surface area (Å²) < 4.78 is 46.4. The molecule has 0 N–H and O–H groups in total. The van der Waals surface area contributed by atoms with Crippen LogP contribution in [0.1, 0.15) is 32.3 Å². The van der Waals surface area contributed by atoms with Gasteiger partial charge in [-0.15, -0.1) is 13.2 Å². The van der Waals surface area contributed by atoms with Crippen molar-refractivity contribution in [3.63, 3.8) is 0 Å². The van der Waals surface area contributed by atoms with Crippen LogP contribution in [0.4, 0.5) is 13.2 Å². The van der Waals surface area contributed by atoms with Gasteiger partial charge in [-0.3, -0.25) is 9.80 Å². The van der Waals surface area contributed by atoms with E-state index in [2.05, 4.69) is 28.4 Å². The van der Waals surface area contributed by atoms with E-state index in [1.165, 1.54) is 12.1 Å². The van der Waals surface area contributed by atoms with Gasteiger partial charge in [-0.1, -0.05) is 12.1 Å². The maximum Gasteiger partial charge on any atom is 0.573 e. The van der Waals surface area contributed by atoms with E-state index in [4.69, 9.17) is 4.74 Å². The van der Waals surface area contributed by atoms with E-state index < -0.39 is 6.36 Å². The van der Waals surface area contributed by atoms with E-state index in [0.29, 0.717) is 18.1 Å². The van der Waals surface area contributed by atoms with Gasteiger partial charge in [0.05, 0.1) is 12.2 Å². The summed E-state index contributed by atoms with van der Waals surface area (Å²) in [6.45, 7) is 10.3. The molecule has 2 aliphatic heterocycles. The highest BCUT2D eigenvalue weighted by molar-refractivity contribution is 5.27. The molecule has 0 amide bonds. The van der Waals surface area contributed by atoms with Crippen LogP contribution in [0.15, 0.2) is 24.3 Å². The summed E-state index contributed by atoms with van der Waals surface area (Å²) in [5.41, 5.74) is 1.01. The van der Waals surface area contributed by atoms with E-state index in [1.54, 1.807) is 12.1 Å². The minimum Gasteiger partial charge on any atom is -0.406 e. The van der Waals surface area contributed by atoms with Gasteiger partial charge in [0.25, 0.3) is 0 Å². The number of piperidine rings is 1. The number of alkyl halides is 3. The summed E-state index contributed by atoms with van der Waals surface area (Å²) in [7, 11) is 0. The highest BCUT2D eigenvalue weighted by Crippen LogP contribution is 2.25. The van der Waals surface area contributed by atoms with E-state index in [9.17, 15) is 13.2 Å². The molecule has 2 atom stereocenters. The molecule has 2 saturated heterocycles. The summed E-state index contributed by atoms with van der Waals surface area (Å²) in [6, 6.07) is 6.19. The van der Waals surface area contributed by atoms with E-state index >= 15 is 0 Å². The molecule has 2 unspecified atom stereocenters. The topological polar surface area (TPSA) is 24.9 Å². The maximum absolute atomic E-state index is 12.2. The molecule has 1 aromatic carbocycles. The Morgan fingerprint density at radius 2 is 1.59 bits per heavy atom. The maximum atomic E-state index is 12.2. The molecule has 4 nitrogen and oxygen atoms in total. The number of nitrogens with zero attached hydrogens (tertiary/aromatic N) is 2. The third-order valence-corrected chi connectivity index (χ3v) is 5.28. The Bertz CT molecular complexity index is 576. The van der Waals surface area contributed by atoms with Crippen molar-refractivity contribution in [1.29, 1.82) is 0 Å². The first-order chi connectivity index (χ1) is 12.8. The summed E-state index contributed by atoms with van der Waals surface area (Å²) in [6.07, 6.45) is -1.71. The number of hydrogen-bond acceptors (Lipinski definition) is 4. The van der Waals surface area contributed by atoms with Crippen molar-refractivity contribution in [3.05, 3.63) is 29.8 Å². The number of hydrogen-bond donors (Lipinski definition) is 0. The van der Waals surface area contributed by atoms with Crippen LogP contribution in [0.2, 0.25) is 0 Å². The fourth-order valence-corrected chi connectivity index (χ4v) is 4.18. The lowest BCUT2D eigenvalue weighted by atomic mass is 9.95.